The molecule has 2 amide bonds. The maximum absolute atomic E-state index is 12.9. The van der Waals surface area contributed by atoms with Gasteiger partial charge in [0.1, 0.15) is 5.76 Å². The van der Waals surface area contributed by atoms with Crippen LogP contribution in [0, 0.1) is 6.92 Å². The normalized spacial score (nSPS) is 14.0. The number of carbonyl (C=O) groups is 2. The number of nitrogens with zero attached hydrogens (tertiary/aromatic N) is 6. The second kappa shape index (κ2) is 8.05. The lowest BCUT2D eigenvalue weighted by atomic mass is 10.1. The molecule has 0 aromatic carbocycles. The monoisotopic (exact) mass is 393 g/mol. The van der Waals surface area contributed by atoms with E-state index in [2.05, 4.69) is 25.4 Å². The Morgan fingerprint density at radius 1 is 1.03 bits per heavy atom. The minimum Gasteiger partial charge on any atom is -0.360 e. The van der Waals surface area contributed by atoms with Crippen molar-refractivity contribution in [3.8, 4) is 0 Å². The topological polar surface area (TPSA) is 117 Å². The molecule has 3 aromatic rings. The Morgan fingerprint density at radius 3 is 2.45 bits per heavy atom. The van der Waals surface area contributed by atoms with Crippen LogP contribution in [0.25, 0.3) is 0 Å². The number of hydrogen-bond acceptors (Lipinski definition) is 8. The number of anilines is 2. The summed E-state index contributed by atoms with van der Waals surface area (Å²) >= 11 is 0. The van der Waals surface area contributed by atoms with Gasteiger partial charge in [-0.05, 0) is 19.1 Å². The molecule has 0 atom stereocenters. The van der Waals surface area contributed by atoms with Crippen molar-refractivity contribution in [3.05, 3.63) is 59.9 Å². The third kappa shape index (κ3) is 4.21. The van der Waals surface area contributed by atoms with Gasteiger partial charge in [-0.25, -0.2) is 9.97 Å². The van der Waals surface area contributed by atoms with Crippen LogP contribution in [-0.2, 0) is 0 Å². The van der Waals surface area contributed by atoms with Crippen molar-refractivity contribution < 1.29 is 14.1 Å². The van der Waals surface area contributed by atoms with E-state index in [9.17, 15) is 9.59 Å². The fraction of sp³-hybridized carbons (Fsp3) is 0.263. The van der Waals surface area contributed by atoms with Crippen LogP contribution in [0.5, 0.6) is 0 Å². The molecular formula is C19H19N7O3. The molecular weight excluding hydrogens is 374 g/mol. The molecule has 1 saturated heterocycles. The third-order valence-electron chi connectivity index (χ3n) is 4.52. The van der Waals surface area contributed by atoms with Gasteiger partial charge >= 0.3 is 0 Å². The Balaban J connectivity index is 1.40. The zero-order chi connectivity index (χ0) is 20.2. The molecule has 1 fully saturated rings. The summed E-state index contributed by atoms with van der Waals surface area (Å²) in [6, 6.07) is 4.91. The van der Waals surface area contributed by atoms with Crippen LogP contribution >= 0.6 is 0 Å². The summed E-state index contributed by atoms with van der Waals surface area (Å²) in [6.07, 6.45) is 6.26. The highest BCUT2D eigenvalue weighted by Gasteiger charge is 2.24. The molecule has 4 rings (SSSR count). The van der Waals surface area contributed by atoms with Gasteiger partial charge < -0.3 is 19.6 Å². The predicted octanol–water partition coefficient (Wildman–Crippen LogP) is 1.38. The van der Waals surface area contributed by atoms with E-state index in [0.29, 0.717) is 49.3 Å². The molecule has 148 valence electrons. The maximum atomic E-state index is 12.9. The maximum Gasteiger partial charge on any atom is 0.258 e. The number of nitrogens with one attached hydrogen (secondary N) is 1. The molecule has 1 aliphatic rings. The van der Waals surface area contributed by atoms with Crippen LogP contribution in [0.3, 0.4) is 0 Å². The average Bonchev–Trinajstić information content (AvgIpc) is 3.18. The van der Waals surface area contributed by atoms with E-state index >= 15 is 0 Å². The van der Waals surface area contributed by atoms with Crippen molar-refractivity contribution in [1.29, 1.82) is 0 Å². The molecule has 1 N–H and O–H groups in total. The van der Waals surface area contributed by atoms with Gasteiger partial charge in [-0.15, -0.1) is 0 Å². The molecule has 10 nitrogen and oxygen atoms in total. The minimum absolute atomic E-state index is 0.168. The second-order valence-electron chi connectivity index (χ2n) is 6.57. The lowest BCUT2D eigenvalue weighted by molar-refractivity contribution is 0.0746. The summed E-state index contributed by atoms with van der Waals surface area (Å²) < 4.78 is 4.93. The highest BCUT2D eigenvalue weighted by Crippen LogP contribution is 2.14. The molecule has 1 aliphatic heterocycles. The summed E-state index contributed by atoms with van der Waals surface area (Å²) in [7, 11) is 0. The highest BCUT2D eigenvalue weighted by molar-refractivity contribution is 6.05. The molecule has 10 heteroatoms. The van der Waals surface area contributed by atoms with Crippen molar-refractivity contribution in [3.63, 3.8) is 0 Å². The summed E-state index contributed by atoms with van der Waals surface area (Å²) in [5.41, 5.74) is 0.631. The van der Waals surface area contributed by atoms with Gasteiger partial charge in [0.15, 0.2) is 5.82 Å². The van der Waals surface area contributed by atoms with Crippen molar-refractivity contribution in [2.24, 2.45) is 0 Å². The quantitative estimate of drug-likeness (QED) is 0.706. The number of carbonyl (C=O) groups excluding carboxylic acids is 2. The van der Waals surface area contributed by atoms with Crippen LogP contribution in [0.15, 0.2) is 47.5 Å². The number of amides is 2. The first kappa shape index (κ1) is 18.5. The average molecular weight is 393 g/mol. The first-order valence-corrected chi connectivity index (χ1v) is 9.11. The van der Waals surface area contributed by atoms with E-state index in [-0.39, 0.29) is 11.5 Å². The zero-order valence-corrected chi connectivity index (χ0v) is 15.8. The molecule has 0 spiro atoms. The van der Waals surface area contributed by atoms with Crippen molar-refractivity contribution in [1.82, 2.24) is 25.0 Å². The van der Waals surface area contributed by atoms with E-state index in [1.54, 1.807) is 36.4 Å². The van der Waals surface area contributed by atoms with Gasteiger partial charge in [0.25, 0.3) is 11.8 Å². The number of rotatable bonds is 4. The van der Waals surface area contributed by atoms with Crippen LogP contribution < -0.4 is 10.2 Å². The van der Waals surface area contributed by atoms with Crippen molar-refractivity contribution >= 4 is 23.6 Å². The third-order valence-corrected chi connectivity index (χ3v) is 4.52. The Hall–Kier alpha value is -3.82. The number of piperazine rings is 1. The second-order valence-corrected chi connectivity index (χ2v) is 6.57. The Morgan fingerprint density at radius 2 is 1.76 bits per heavy atom. The molecule has 0 unspecified atom stereocenters. The summed E-state index contributed by atoms with van der Waals surface area (Å²) in [4.78, 5) is 41.6. The molecule has 0 bridgehead atoms. The van der Waals surface area contributed by atoms with Crippen molar-refractivity contribution in [2.75, 3.05) is 36.4 Å². The van der Waals surface area contributed by atoms with Crippen molar-refractivity contribution in [2.45, 2.75) is 6.92 Å². The van der Waals surface area contributed by atoms with Crippen LogP contribution in [0.4, 0.5) is 11.8 Å². The number of hydrogen-bond donors (Lipinski definition) is 1. The van der Waals surface area contributed by atoms with Gasteiger partial charge in [0, 0.05) is 57.0 Å². The van der Waals surface area contributed by atoms with Crippen LogP contribution in [-0.4, -0.2) is 63.0 Å². The van der Waals surface area contributed by atoms with Gasteiger partial charge in [-0.1, -0.05) is 5.16 Å². The number of aromatic nitrogens is 4. The SMILES string of the molecule is Cc1cc(NC(=O)c2cncc(C(=O)N3CCN(c4ncccn4)CC3)c2)no1. The van der Waals surface area contributed by atoms with Crippen LogP contribution in [0.1, 0.15) is 26.5 Å². The molecule has 29 heavy (non-hydrogen) atoms. The first-order valence-electron chi connectivity index (χ1n) is 9.11. The Bertz CT molecular complexity index is 1010. The van der Waals surface area contributed by atoms with E-state index in [1.807, 2.05) is 4.90 Å². The minimum atomic E-state index is -0.411. The van der Waals surface area contributed by atoms with Gasteiger partial charge in [-0.3, -0.25) is 14.6 Å². The lowest BCUT2D eigenvalue weighted by Gasteiger charge is -2.34. The van der Waals surface area contributed by atoms with Gasteiger partial charge in [0.2, 0.25) is 5.95 Å². The summed E-state index contributed by atoms with van der Waals surface area (Å²) in [6.45, 7) is 4.06. The van der Waals surface area contributed by atoms with E-state index < -0.39 is 5.91 Å². The number of pyridine rings is 1. The van der Waals surface area contributed by atoms with Crippen LogP contribution in [0.2, 0.25) is 0 Å². The fourth-order valence-electron chi connectivity index (χ4n) is 3.04. The summed E-state index contributed by atoms with van der Waals surface area (Å²) in [5.74, 6) is 0.971. The van der Waals surface area contributed by atoms with E-state index in [0.717, 1.165) is 0 Å². The van der Waals surface area contributed by atoms with E-state index in [1.165, 1.54) is 18.5 Å². The fourth-order valence-corrected chi connectivity index (χ4v) is 3.04. The molecule has 3 aromatic heterocycles. The molecule has 0 aliphatic carbocycles. The lowest BCUT2D eigenvalue weighted by Crippen LogP contribution is -2.49. The summed E-state index contributed by atoms with van der Waals surface area (Å²) in [5, 5.41) is 6.35. The standard InChI is InChI=1S/C19H19N7O3/c1-13-9-16(24-29-13)23-17(27)14-10-15(12-20-11-14)18(28)25-5-7-26(8-6-25)19-21-3-2-4-22-19/h2-4,9-12H,5-8H2,1H3,(H,23,24,27). The largest absolute Gasteiger partial charge is 0.360 e. The van der Waals surface area contributed by atoms with Gasteiger partial charge in [-0.2, -0.15) is 0 Å². The van der Waals surface area contributed by atoms with Gasteiger partial charge in [0.05, 0.1) is 11.1 Å². The molecule has 0 radical (unpaired) electrons. The van der Waals surface area contributed by atoms with E-state index in [4.69, 9.17) is 4.52 Å². The predicted molar refractivity (Wildman–Crippen MR) is 104 cm³/mol. The Kier molecular flexibility index (Phi) is 5.14. The smallest absolute Gasteiger partial charge is 0.258 e. The highest BCUT2D eigenvalue weighted by atomic mass is 16.5. The number of aryl methyl sites for hydroxylation is 1. The first-order chi connectivity index (χ1) is 14.1. The zero-order valence-electron chi connectivity index (χ0n) is 15.8. The molecule has 0 saturated carbocycles. The Labute approximate surface area is 166 Å². The molecule has 4 heterocycles.